The number of carbonyl (C=O) groups is 2. The van der Waals surface area contributed by atoms with E-state index in [0.717, 1.165) is 34.6 Å². The molecule has 0 spiro atoms. The van der Waals surface area contributed by atoms with Gasteiger partial charge in [-0.25, -0.2) is 4.98 Å². The summed E-state index contributed by atoms with van der Waals surface area (Å²) in [6.45, 7) is 7.64. The highest BCUT2D eigenvalue weighted by molar-refractivity contribution is 7.14. The van der Waals surface area contributed by atoms with Crippen LogP contribution in [0, 0.1) is 20.8 Å². The summed E-state index contributed by atoms with van der Waals surface area (Å²) in [5.74, 6) is 1.13. The van der Waals surface area contributed by atoms with Crippen LogP contribution >= 0.6 is 11.3 Å². The minimum absolute atomic E-state index is 0.0235. The molecule has 0 aliphatic rings. The van der Waals surface area contributed by atoms with E-state index in [1.807, 2.05) is 43.5 Å². The van der Waals surface area contributed by atoms with E-state index in [1.54, 1.807) is 6.92 Å². The van der Waals surface area contributed by atoms with Crippen molar-refractivity contribution in [3.63, 3.8) is 0 Å². The minimum Gasteiger partial charge on any atom is -0.466 e. The second-order valence-corrected chi connectivity index (χ2v) is 7.49. The number of rotatable bonds is 6. The highest BCUT2D eigenvalue weighted by Gasteiger charge is 2.19. The lowest BCUT2D eigenvalue weighted by molar-refractivity contribution is -0.118. The van der Waals surface area contributed by atoms with Crippen LogP contribution in [0.1, 0.15) is 39.9 Å². The van der Waals surface area contributed by atoms with Crippen LogP contribution in [-0.4, -0.2) is 23.3 Å². The summed E-state index contributed by atoms with van der Waals surface area (Å²) in [5, 5.41) is 8.12. The molecule has 146 valence electrons. The maximum Gasteiger partial charge on any atom is 0.261 e. The van der Waals surface area contributed by atoms with Gasteiger partial charge in [-0.05, 0) is 32.8 Å². The molecule has 7 heteroatoms. The van der Waals surface area contributed by atoms with Crippen LogP contribution in [0.25, 0.3) is 11.3 Å². The Morgan fingerprint density at radius 2 is 1.82 bits per heavy atom. The Morgan fingerprint density at radius 1 is 1.11 bits per heavy atom. The van der Waals surface area contributed by atoms with Gasteiger partial charge in [0, 0.05) is 30.0 Å². The van der Waals surface area contributed by atoms with E-state index in [9.17, 15) is 9.59 Å². The van der Waals surface area contributed by atoms with Gasteiger partial charge in [0.15, 0.2) is 5.13 Å². The molecule has 1 aromatic carbocycles. The number of hydrogen-bond acceptors (Lipinski definition) is 5. The molecular weight excluding hydrogens is 374 g/mol. The predicted molar refractivity (Wildman–Crippen MR) is 111 cm³/mol. The molecule has 0 saturated carbocycles. The van der Waals surface area contributed by atoms with Crippen molar-refractivity contribution in [2.24, 2.45) is 0 Å². The lowest BCUT2D eigenvalue weighted by atomic mass is 10.1. The number of furan rings is 1. The molecule has 0 saturated heterocycles. The van der Waals surface area contributed by atoms with E-state index in [-0.39, 0.29) is 11.8 Å². The van der Waals surface area contributed by atoms with Gasteiger partial charge in [0.05, 0.1) is 11.3 Å². The lowest BCUT2D eigenvalue weighted by Gasteiger charge is -2.04. The fraction of sp³-hybridized carbons (Fsp3) is 0.286. The molecule has 2 aromatic heterocycles. The van der Waals surface area contributed by atoms with Crippen LogP contribution in [0.15, 0.2) is 34.1 Å². The Kier molecular flexibility index (Phi) is 5.94. The quantitative estimate of drug-likeness (QED) is 0.651. The first-order chi connectivity index (χ1) is 13.3. The molecule has 0 bridgehead atoms. The van der Waals surface area contributed by atoms with Gasteiger partial charge in [-0.2, -0.15) is 0 Å². The third kappa shape index (κ3) is 4.48. The number of carbonyl (C=O) groups excluding carboxylic acids is 2. The third-order valence-electron chi connectivity index (χ3n) is 4.55. The Hall–Kier alpha value is -2.93. The molecule has 0 radical (unpaired) electrons. The predicted octanol–water partition coefficient (Wildman–Crippen LogP) is 4.26. The zero-order chi connectivity index (χ0) is 20.3. The summed E-state index contributed by atoms with van der Waals surface area (Å²) in [6.07, 6.45) is 0.779. The van der Waals surface area contributed by atoms with Crippen molar-refractivity contribution >= 4 is 28.3 Å². The number of hydrogen-bond donors (Lipinski definition) is 2. The molecule has 28 heavy (non-hydrogen) atoms. The fourth-order valence-corrected chi connectivity index (χ4v) is 3.69. The maximum absolute atomic E-state index is 12.6. The molecule has 0 aliphatic carbocycles. The first-order valence-corrected chi connectivity index (χ1v) is 9.90. The standard InChI is InChI=1S/C21H23N3O3S/c1-12-13(2)27-14(3)19(12)20(26)24-21-23-18(11-28-21)17-7-5-16(6-8-17)9-10-22-15(4)25/h5-8,11H,9-10H2,1-4H3,(H,22,25)(H,23,24,26). The molecule has 0 unspecified atom stereocenters. The number of thiazole rings is 1. The third-order valence-corrected chi connectivity index (χ3v) is 5.31. The zero-order valence-electron chi connectivity index (χ0n) is 16.4. The molecule has 3 aromatic rings. The van der Waals surface area contributed by atoms with Crippen molar-refractivity contribution in [1.82, 2.24) is 10.3 Å². The highest BCUT2D eigenvalue weighted by atomic mass is 32.1. The first-order valence-electron chi connectivity index (χ1n) is 9.02. The summed E-state index contributed by atoms with van der Waals surface area (Å²) in [4.78, 5) is 28.0. The van der Waals surface area contributed by atoms with Crippen LogP contribution in [0.5, 0.6) is 0 Å². The van der Waals surface area contributed by atoms with Crippen molar-refractivity contribution in [2.75, 3.05) is 11.9 Å². The van der Waals surface area contributed by atoms with Crippen LogP contribution in [0.2, 0.25) is 0 Å². The summed E-state index contributed by atoms with van der Waals surface area (Å²) < 4.78 is 5.53. The van der Waals surface area contributed by atoms with Crippen LogP contribution < -0.4 is 10.6 Å². The summed E-state index contributed by atoms with van der Waals surface area (Å²) >= 11 is 1.39. The van der Waals surface area contributed by atoms with E-state index in [2.05, 4.69) is 15.6 Å². The molecular formula is C21H23N3O3S. The number of anilines is 1. The SMILES string of the molecule is CC(=O)NCCc1ccc(-c2csc(NC(=O)c3c(C)oc(C)c3C)n2)cc1. The normalized spacial score (nSPS) is 10.7. The van der Waals surface area contributed by atoms with Crippen LogP contribution in [0.3, 0.4) is 0 Å². The topological polar surface area (TPSA) is 84.2 Å². The lowest BCUT2D eigenvalue weighted by Crippen LogP contribution is -2.22. The van der Waals surface area contributed by atoms with Crippen molar-refractivity contribution in [3.05, 3.63) is 57.9 Å². The average Bonchev–Trinajstić information content (AvgIpc) is 3.19. The van der Waals surface area contributed by atoms with E-state index in [1.165, 1.54) is 18.3 Å². The molecule has 3 rings (SSSR count). The van der Waals surface area contributed by atoms with Gasteiger partial charge < -0.3 is 9.73 Å². The minimum atomic E-state index is -0.207. The molecule has 0 aliphatic heterocycles. The van der Waals surface area contributed by atoms with Gasteiger partial charge >= 0.3 is 0 Å². The van der Waals surface area contributed by atoms with E-state index < -0.39 is 0 Å². The number of aryl methyl sites for hydroxylation is 2. The average molecular weight is 398 g/mol. The van der Waals surface area contributed by atoms with Gasteiger partial charge in [0.2, 0.25) is 5.91 Å². The van der Waals surface area contributed by atoms with E-state index in [4.69, 9.17) is 4.42 Å². The van der Waals surface area contributed by atoms with Crippen LogP contribution in [0.4, 0.5) is 5.13 Å². The molecule has 2 heterocycles. The summed E-state index contributed by atoms with van der Waals surface area (Å²) in [5.41, 5.74) is 4.35. The highest BCUT2D eigenvalue weighted by Crippen LogP contribution is 2.27. The smallest absolute Gasteiger partial charge is 0.261 e. The van der Waals surface area contributed by atoms with Gasteiger partial charge in [0.1, 0.15) is 11.5 Å². The van der Waals surface area contributed by atoms with E-state index >= 15 is 0 Å². The maximum atomic E-state index is 12.6. The Labute approximate surface area is 168 Å². The second kappa shape index (κ2) is 8.39. The fourth-order valence-electron chi connectivity index (χ4n) is 2.98. The summed E-state index contributed by atoms with van der Waals surface area (Å²) in [6, 6.07) is 8.04. The van der Waals surface area contributed by atoms with Crippen molar-refractivity contribution in [3.8, 4) is 11.3 Å². The van der Waals surface area contributed by atoms with Gasteiger partial charge in [-0.15, -0.1) is 11.3 Å². The Morgan fingerprint density at radius 3 is 2.43 bits per heavy atom. The van der Waals surface area contributed by atoms with Gasteiger partial charge in [0.25, 0.3) is 5.91 Å². The van der Waals surface area contributed by atoms with Gasteiger partial charge in [-0.1, -0.05) is 24.3 Å². The number of amides is 2. The molecule has 2 N–H and O–H groups in total. The van der Waals surface area contributed by atoms with E-state index in [0.29, 0.717) is 23.0 Å². The molecule has 2 amide bonds. The monoisotopic (exact) mass is 397 g/mol. The largest absolute Gasteiger partial charge is 0.466 e. The Balaban J connectivity index is 1.66. The molecule has 0 atom stereocenters. The molecule has 0 fully saturated rings. The number of nitrogens with zero attached hydrogens (tertiary/aromatic N) is 1. The number of benzene rings is 1. The zero-order valence-corrected chi connectivity index (χ0v) is 17.2. The second-order valence-electron chi connectivity index (χ2n) is 6.64. The van der Waals surface area contributed by atoms with Crippen molar-refractivity contribution in [2.45, 2.75) is 34.1 Å². The number of nitrogens with one attached hydrogen (secondary N) is 2. The summed E-state index contributed by atoms with van der Waals surface area (Å²) in [7, 11) is 0. The van der Waals surface area contributed by atoms with Crippen molar-refractivity contribution < 1.29 is 14.0 Å². The first kappa shape index (κ1) is 19.8. The Bertz CT molecular complexity index is 1000. The molecule has 6 nitrogen and oxygen atoms in total. The number of aromatic nitrogens is 1. The van der Waals surface area contributed by atoms with Crippen molar-refractivity contribution in [1.29, 1.82) is 0 Å². The van der Waals surface area contributed by atoms with Crippen LogP contribution in [-0.2, 0) is 11.2 Å². The van der Waals surface area contributed by atoms with Gasteiger partial charge in [-0.3, -0.25) is 14.9 Å².